The highest BCUT2D eigenvalue weighted by molar-refractivity contribution is 5.23. The molecule has 1 aliphatic carbocycles. The van der Waals surface area contributed by atoms with Crippen LogP contribution in [0.3, 0.4) is 0 Å². The van der Waals surface area contributed by atoms with Crippen LogP contribution in [0, 0.1) is 18.7 Å². The van der Waals surface area contributed by atoms with Crippen molar-refractivity contribution in [2.24, 2.45) is 5.92 Å². The Labute approximate surface area is 121 Å². The van der Waals surface area contributed by atoms with Crippen molar-refractivity contribution in [3.63, 3.8) is 0 Å². The summed E-state index contributed by atoms with van der Waals surface area (Å²) >= 11 is 0. The number of hydrogen-bond donors (Lipinski definition) is 2. The monoisotopic (exact) mass is 279 g/mol. The molecule has 0 bridgehead atoms. The second-order valence-corrected chi connectivity index (χ2v) is 6.26. The molecule has 0 spiro atoms. The van der Waals surface area contributed by atoms with Crippen LogP contribution in [0.15, 0.2) is 18.2 Å². The van der Waals surface area contributed by atoms with E-state index in [0.717, 1.165) is 37.2 Å². The summed E-state index contributed by atoms with van der Waals surface area (Å²) in [6.07, 6.45) is 5.20. The molecule has 1 aromatic carbocycles. The Morgan fingerprint density at radius 2 is 2.05 bits per heavy atom. The van der Waals surface area contributed by atoms with Crippen molar-refractivity contribution in [2.45, 2.75) is 58.1 Å². The fourth-order valence-electron chi connectivity index (χ4n) is 2.99. The molecular weight excluding hydrogens is 253 g/mol. The van der Waals surface area contributed by atoms with Gasteiger partial charge in [-0.25, -0.2) is 4.39 Å². The lowest BCUT2D eigenvalue weighted by Gasteiger charge is -2.36. The Morgan fingerprint density at radius 3 is 2.65 bits per heavy atom. The smallest absolute Gasteiger partial charge is 0.126 e. The molecule has 1 aromatic rings. The van der Waals surface area contributed by atoms with Crippen LogP contribution in [-0.2, 0) is 6.54 Å². The minimum Gasteiger partial charge on any atom is -0.389 e. The van der Waals surface area contributed by atoms with E-state index in [2.05, 4.69) is 12.2 Å². The maximum atomic E-state index is 13.4. The lowest BCUT2D eigenvalue weighted by atomic mass is 9.78. The second kappa shape index (κ2) is 6.68. The van der Waals surface area contributed by atoms with Crippen LogP contribution < -0.4 is 5.32 Å². The number of benzene rings is 1. The topological polar surface area (TPSA) is 32.3 Å². The van der Waals surface area contributed by atoms with Gasteiger partial charge in [0.25, 0.3) is 0 Å². The zero-order valence-electron chi connectivity index (χ0n) is 12.6. The average molecular weight is 279 g/mol. The highest BCUT2D eigenvalue weighted by Gasteiger charge is 2.31. The number of halogens is 1. The summed E-state index contributed by atoms with van der Waals surface area (Å²) in [7, 11) is 0. The molecule has 0 aromatic heterocycles. The molecule has 0 unspecified atom stereocenters. The number of nitrogens with one attached hydrogen (secondary N) is 1. The van der Waals surface area contributed by atoms with Gasteiger partial charge in [0.2, 0.25) is 0 Å². The fourth-order valence-corrected chi connectivity index (χ4v) is 2.99. The predicted octanol–water partition coefficient (Wildman–Crippen LogP) is 3.56. The highest BCUT2D eigenvalue weighted by atomic mass is 19.1. The molecule has 0 radical (unpaired) electrons. The molecule has 0 amide bonds. The zero-order valence-corrected chi connectivity index (χ0v) is 12.6. The van der Waals surface area contributed by atoms with Crippen LogP contribution in [0.5, 0.6) is 0 Å². The van der Waals surface area contributed by atoms with Gasteiger partial charge in [0.15, 0.2) is 0 Å². The van der Waals surface area contributed by atoms with Crippen molar-refractivity contribution in [3.05, 3.63) is 35.1 Å². The SMILES string of the molecule is CCC1CCC(O)(CNCc2ccc(C)c(F)c2)CC1. The summed E-state index contributed by atoms with van der Waals surface area (Å²) in [6, 6.07) is 5.30. The first-order valence-electron chi connectivity index (χ1n) is 7.70. The maximum Gasteiger partial charge on any atom is 0.126 e. The quantitative estimate of drug-likeness (QED) is 0.864. The first-order chi connectivity index (χ1) is 9.52. The van der Waals surface area contributed by atoms with Gasteiger partial charge in [0.05, 0.1) is 5.60 Å². The van der Waals surface area contributed by atoms with Gasteiger partial charge >= 0.3 is 0 Å². The van der Waals surface area contributed by atoms with E-state index < -0.39 is 5.60 Å². The Balaban J connectivity index is 1.79. The van der Waals surface area contributed by atoms with E-state index >= 15 is 0 Å². The number of aliphatic hydroxyl groups is 1. The molecule has 1 aliphatic rings. The minimum absolute atomic E-state index is 0.161. The third-order valence-electron chi connectivity index (χ3n) is 4.63. The van der Waals surface area contributed by atoms with Crippen molar-refractivity contribution >= 4 is 0 Å². The summed E-state index contributed by atoms with van der Waals surface area (Å²) in [4.78, 5) is 0. The average Bonchev–Trinajstić information content (AvgIpc) is 2.44. The molecule has 20 heavy (non-hydrogen) atoms. The highest BCUT2D eigenvalue weighted by Crippen LogP contribution is 2.33. The third-order valence-corrected chi connectivity index (χ3v) is 4.63. The van der Waals surface area contributed by atoms with Gasteiger partial charge < -0.3 is 10.4 Å². The molecule has 0 aliphatic heterocycles. The van der Waals surface area contributed by atoms with Gasteiger partial charge in [-0.1, -0.05) is 25.5 Å². The lowest BCUT2D eigenvalue weighted by molar-refractivity contribution is -0.00881. The maximum absolute atomic E-state index is 13.4. The Kier molecular flexibility index (Phi) is 5.17. The zero-order chi connectivity index (χ0) is 14.6. The van der Waals surface area contributed by atoms with Gasteiger partial charge in [-0.05, 0) is 55.7 Å². The van der Waals surface area contributed by atoms with Gasteiger partial charge in [-0.2, -0.15) is 0 Å². The summed E-state index contributed by atoms with van der Waals surface area (Å²) in [5, 5.41) is 13.8. The molecule has 1 fully saturated rings. The summed E-state index contributed by atoms with van der Waals surface area (Å²) < 4.78 is 13.4. The molecule has 2 N–H and O–H groups in total. The lowest BCUT2D eigenvalue weighted by Crippen LogP contribution is -2.43. The second-order valence-electron chi connectivity index (χ2n) is 6.26. The molecule has 0 atom stereocenters. The first-order valence-corrected chi connectivity index (χ1v) is 7.70. The van der Waals surface area contributed by atoms with Crippen molar-refractivity contribution in [3.8, 4) is 0 Å². The molecule has 0 saturated heterocycles. The Hall–Kier alpha value is -0.930. The molecule has 0 heterocycles. The molecule has 2 rings (SSSR count). The van der Waals surface area contributed by atoms with Crippen molar-refractivity contribution < 1.29 is 9.50 Å². The summed E-state index contributed by atoms with van der Waals surface area (Å²) in [5.41, 5.74) is 1.03. The van der Waals surface area contributed by atoms with Gasteiger partial charge in [0.1, 0.15) is 5.82 Å². The van der Waals surface area contributed by atoms with Gasteiger partial charge in [-0.15, -0.1) is 0 Å². The summed E-state index contributed by atoms with van der Waals surface area (Å²) in [5.74, 6) is 0.618. The Bertz CT molecular complexity index is 439. The van der Waals surface area contributed by atoms with E-state index in [1.165, 1.54) is 6.42 Å². The van der Waals surface area contributed by atoms with Crippen molar-refractivity contribution in [1.82, 2.24) is 5.32 Å². The molecule has 112 valence electrons. The molecule has 3 heteroatoms. The van der Waals surface area contributed by atoms with E-state index in [-0.39, 0.29) is 5.82 Å². The van der Waals surface area contributed by atoms with Gasteiger partial charge in [-0.3, -0.25) is 0 Å². The Morgan fingerprint density at radius 1 is 1.35 bits per heavy atom. The molecular formula is C17H26FNO. The molecule has 2 nitrogen and oxygen atoms in total. The standard InChI is InChI=1S/C17H26FNO/c1-3-14-6-8-17(20,9-7-14)12-19-11-15-5-4-13(2)16(18)10-15/h4-5,10,14,19-20H,3,6-9,11-12H2,1-2H3. The van der Waals surface area contributed by atoms with Crippen LogP contribution in [-0.4, -0.2) is 17.3 Å². The van der Waals surface area contributed by atoms with Crippen molar-refractivity contribution in [2.75, 3.05) is 6.54 Å². The number of hydrogen-bond acceptors (Lipinski definition) is 2. The molecule has 1 saturated carbocycles. The number of aryl methyl sites for hydroxylation is 1. The predicted molar refractivity (Wildman–Crippen MR) is 80.0 cm³/mol. The third kappa shape index (κ3) is 4.03. The van der Waals surface area contributed by atoms with Crippen LogP contribution in [0.25, 0.3) is 0 Å². The normalized spacial score (nSPS) is 26.7. The first kappa shape index (κ1) is 15.5. The van der Waals surface area contributed by atoms with E-state index in [1.807, 2.05) is 6.07 Å². The van der Waals surface area contributed by atoms with E-state index in [4.69, 9.17) is 0 Å². The fraction of sp³-hybridized carbons (Fsp3) is 0.647. The summed E-state index contributed by atoms with van der Waals surface area (Å²) in [6.45, 7) is 5.19. The van der Waals surface area contributed by atoms with Crippen LogP contribution in [0.1, 0.15) is 50.2 Å². The largest absolute Gasteiger partial charge is 0.389 e. The van der Waals surface area contributed by atoms with Crippen molar-refractivity contribution in [1.29, 1.82) is 0 Å². The van der Waals surface area contributed by atoms with Crippen LogP contribution >= 0.6 is 0 Å². The minimum atomic E-state index is -0.574. The van der Waals surface area contributed by atoms with E-state index in [1.54, 1.807) is 19.1 Å². The van der Waals surface area contributed by atoms with E-state index in [0.29, 0.717) is 18.7 Å². The van der Waals surface area contributed by atoms with Gasteiger partial charge in [0, 0.05) is 13.1 Å². The van der Waals surface area contributed by atoms with E-state index in [9.17, 15) is 9.50 Å². The van der Waals surface area contributed by atoms with Crippen LogP contribution in [0.2, 0.25) is 0 Å². The number of rotatable bonds is 5. The van der Waals surface area contributed by atoms with Crippen LogP contribution in [0.4, 0.5) is 4.39 Å².